The minimum Gasteiger partial charge on any atom is -0.388 e. The molecule has 0 aliphatic carbocycles. The van der Waals surface area contributed by atoms with Gasteiger partial charge in [0.15, 0.2) is 0 Å². The van der Waals surface area contributed by atoms with Gasteiger partial charge in [-0.2, -0.15) is 0 Å². The first-order chi connectivity index (χ1) is 12.2. The van der Waals surface area contributed by atoms with Crippen molar-refractivity contribution >= 4 is 6.03 Å². The van der Waals surface area contributed by atoms with Crippen LogP contribution in [0.5, 0.6) is 0 Å². The summed E-state index contributed by atoms with van der Waals surface area (Å²) in [6, 6.07) is 19.2. The van der Waals surface area contributed by atoms with Crippen molar-refractivity contribution in [1.29, 1.82) is 0 Å². The van der Waals surface area contributed by atoms with E-state index in [1.165, 1.54) is 0 Å². The fraction of sp³-hybridized carbons (Fsp3) is 0.350. The van der Waals surface area contributed by atoms with Crippen molar-refractivity contribution in [2.45, 2.75) is 25.6 Å². The summed E-state index contributed by atoms with van der Waals surface area (Å²) in [5.74, 6) is 0.177. The van der Waals surface area contributed by atoms with Gasteiger partial charge in [-0.3, -0.25) is 4.84 Å². The lowest BCUT2D eigenvalue weighted by atomic mass is 9.87. The molecule has 0 bridgehead atoms. The minimum atomic E-state index is -0.472. The summed E-state index contributed by atoms with van der Waals surface area (Å²) in [5.41, 5.74) is 4.45. The molecule has 132 valence electrons. The van der Waals surface area contributed by atoms with E-state index in [2.05, 4.69) is 5.48 Å². The van der Waals surface area contributed by atoms with Crippen LogP contribution in [0.15, 0.2) is 60.7 Å². The number of nitrogens with one attached hydrogen (secondary N) is 1. The van der Waals surface area contributed by atoms with Crippen LogP contribution in [0.1, 0.15) is 30.1 Å². The van der Waals surface area contributed by atoms with E-state index in [9.17, 15) is 9.90 Å². The summed E-state index contributed by atoms with van der Waals surface area (Å²) in [6.45, 7) is 1.58. The van der Waals surface area contributed by atoms with Crippen molar-refractivity contribution in [1.82, 2.24) is 10.4 Å². The molecule has 1 fully saturated rings. The van der Waals surface area contributed by atoms with Crippen molar-refractivity contribution in [2.75, 3.05) is 13.1 Å². The van der Waals surface area contributed by atoms with E-state index in [4.69, 9.17) is 4.84 Å². The zero-order valence-corrected chi connectivity index (χ0v) is 14.2. The number of nitrogens with zero attached hydrogens (tertiary/aromatic N) is 1. The Balaban J connectivity index is 1.41. The van der Waals surface area contributed by atoms with Gasteiger partial charge in [-0.25, -0.2) is 10.3 Å². The van der Waals surface area contributed by atoms with E-state index in [1.54, 1.807) is 4.90 Å². The molecule has 2 aromatic rings. The molecule has 1 heterocycles. The van der Waals surface area contributed by atoms with Gasteiger partial charge in [0, 0.05) is 13.1 Å². The first-order valence-electron chi connectivity index (χ1n) is 8.67. The van der Waals surface area contributed by atoms with Crippen LogP contribution in [-0.4, -0.2) is 29.1 Å². The van der Waals surface area contributed by atoms with Crippen LogP contribution in [-0.2, 0) is 11.4 Å². The van der Waals surface area contributed by atoms with E-state index in [0.29, 0.717) is 19.7 Å². The number of hydrogen-bond acceptors (Lipinski definition) is 3. The smallest absolute Gasteiger partial charge is 0.341 e. The maximum Gasteiger partial charge on any atom is 0.341 e. The fourth-order valence-corrected chi connectivity index (χ4v) is 3.16. The average molecular weight is 340 g/mol. The zero-order chi connectivity index (χ0) is 17.5. The van der Waals surface area contributed by atoms with Crippen molar-refractivity contribution in [2.24, 2.45) is 5.92 Å². The minimum absolute atomic E-state index is 0.177. The molecule has 25 heavy (non-hydrogen) atoms. The predicted molar refractivity (Wildman–Crippen MR) is 95.5 cm³/mol. The Hall–Kier alpha value is -2.37. The van der Waals surface area contributed by atoms with Crippen LogP contribution in [0.25, 0.3) is 0 Å². The molecule has 5 nitrogen and oxygen atoms in total. The number of aliphatic hydroxyl groups is 1. The van der Waals surface area contributed by atoms with E-state index < -0.39 is 6.10 Å². The Morgan fingerprint density at radius 3 is 2.32 bits per heavy atom. The molecule has 1 aliphatic rings. The van der Waals surface area contributed by atoms with Gasteiger partial charge in [0.2, 0.25) is 0 Å². The maximum atomic E-state index is 12.2. The van der Waals surface area contributed by atoms with E-state index in [0.717, 1.165) is 24.0 Å². The van der Waals surface area contributed by atoms with E-state index in [1.807, 2.05) is 60.7 Å². The number of hydroxylamine groups is 1. The van der Waals surface area contributed by atoms with Crippen LogP contribution in [0, 0.1) is 5.92 Å². The van der Waals surface area contributed by atoms with Crippen LogP contribution >= 0.6 is 0 Å². The van der Waals surface area contributed by atoms with Gasteiger partial charge >= 0.3 is 6.03 Å². The summed E-state index contributed by atoms with van der Waals surface area (Å²) < 4.78 is 0. The topological polar surface area (TPSA) is 61.8 Å². The molecule has 1 aliphatic heterocycles. The molecule has 1 unspecified atom stereocenters. The number of benzene rings is 2. The van der Waals surface area contributed by atoms with Crippen molar-refractivity contribution in [3.05, 3.63) is 71.8 Å². The van der Waals surface area contributed by atoms with E-state index in [-0.39, 0.29) is 11.9 Å². The van der Waals surface area contributed by atoms with Gasteiger partial charge in [0.1, 0.15) is 0 Å². The second-order valence-corrected chi connectivity index (χ2v) is 6.36. The molecule has 1 saturated heterocycles. The second kappa shape index (κ2) is 8.65. The van der Waals surface area contributed by atoms with Gasteiger partial charge in [-0.1, -0.05) is 60.7 Å². The number of aliphatic hydroxyl groups excluding tert-OH is 1. The molecule has 0 spiro atoms. The Labute approximate surface area is 148 Å². The third kappa shape index (κ3) is 4.81. The summed E-state index contributed by atoms with van der Waals surface area (Å²) in [7, 11) is 0. The molecule has 0 saturated carbocycles. The molecule has 0 radical (unpaired) electrons. The van der Waals surface area contributed by atoms with Gasteiger partial charge in [0.05, 0.1) is 12.7 Å². The number of rotatable bonds is 5. The van der Waals surface area contributed by atoms with Gasteiger partial charge in [0.25, 0.3) is 0 Å². The molecule has 2 amide bonds. The molecule has 5 heteroatoms. The Morgan fingerprint density at radius 1 is 1.08 bits per heavy atom. The van der Waals surface area contributed by atoms with Crippen LogP contribution < -0.4 is 5.48 Å². The number of carbonyl (C=O) groups excluding carboxylic acids is 1. The molecule has 2 N–H and O–H groups in total. The van der Waals surface area contributed by atoms with Crippen LogP contribution in [0.4, 0.5) is 4.79 Å². The van der Waals surface area contributed by atoms with E-state index >= 15 is 0 Å². The third-order valence-corrected chi connectivity index (χ3v) is 4.66. The monoisotopic (exact) mass is 340 g/mol. The first-order valence-corrected chi connectivity index (χ1v) is 8.67. The predicted octanol–water partition coefficient (Wildman–Crippen LogP) is 3.27. The average Bonchev–Trinajstić information content (AvgIpc) is 2.69. The highest BCUT2D eigenvalue weighted by Gasteiger charge is 2.28. The molecule has 3 rings (SSSR count). The number of amides is 2. The fourth-order valence-electron chi connectivity index (χ4n) is 3.16. The number of urea groups is 1. The SMILES string of the molecule is O=C(NOCc1ccccc1)N1CCC(C(O)c2ccccc2)CC1. The lowest BCUT2D eigenvalue weighted by molar-refractivity contribution is 0.0243. The zero-order valence-electron chi connectivity index (χ0n) is 14.2. The molecule has 2 aromatic carbocycles. The summed E-state index contributed by atoms with van der Waals surface area (Å²) >= 11 is 0. The highest BCUT2D eigenvalue weighted by atomic mass is 16.7. The van der Waals surface area contributed by atoms with Gasteiger partial charge in [-0.05, 0) is 29.9 Å². The highest BCUT2D eigenvalue weighted by molar-refractivity contribution is 5.73. The summed E-state index contributed by atoms with van der Waals surface area (Å²) in [6.07, 6.45) is 1.09. The van der Waals surface area contributed by atoms with Crippen LogP contribution in [0.2, 0.25) is 0 Å². The number of hydrogen-bond donors (Lipinski definition) is 2. The highest BCUT2D eigenvalue weighted by Crippen LogP contribution is 2.30. The van der Waals surface area contributed by atoms with Crippen molar-refractivity contribution in [3.63, 3.8) is 0 Å². The number of likely N-dealkylation sites (tertiary alicyclic amines) is 1. The molecule has 0 aromatic heterocycles. The maximum absolute atomic E-state index is 12.2. The van der Waals surface area contributed by atoms with Crippen molar-refractivity contribution < 1.29 is 14.7 Å². The Kier molecular flexibility index (Phi) is 6.04. The quantitative estimate of drug-likeness (QED) is 0.821. The third-order valence-electron chi connectivity index (χ3n) is 4.66. The molecular weight excluding hydrogens is 316 g/mol. The number of carbonyl (C=O) groups is 1. The summed E-state index contributed by atoms with van der Waals surface area (Å²) in [4.78, 5) is 19.2. The largest absolute Gasteiger partial charge is 0.388 e. The van der Waals surface area contributed by atoms with Crippen LogP contribution in [0.3, 0.4) is 0 Å². The Bertz CT molecular complexity index is 655. The normalized spacial score (nSPS) is 16.4. The second-order valence-electron chi connectivity index (χ2n) is 6.36. The number of piperidine rings is 1. The molecular formula is C20H24N2O3. The lowest BCUT2D eigenvalue weighted by Gasteiger charge is -2.34. The van der Waals surface area contributed by atoms with Crippen molar-refractivity contribution in [3.8, 4) is 0 Å². The van der Waals surface area contributed by atoms with Gasteiger partial charge < -0.3 is 10.0 Å². The summed E-state index contributed by atoms with van der Waals surface area (Å²) in [5, 5.41) is 10.5. The van der Waals surface area contributed by atoms with Gasteiger partial charge in [-0.15, -0.1) is 0 Å². The Morgan fingerprint density at radius 2 is 1.68 bits per heavy atom. The lowest BCUT2D eigenvalue weighted by Crippen LogP contribution is -2.45. The first kappa shape index (κ1) is 17.5. The molecule has 1 atom stereocenters. The standard InChI is InChI=1S/C20H24N2O3/c23-19(17-9-5-2-6-10-17)18-11-13-22(14-12-18)20(24)21-25-15-16-7-3-1-4-8-16/h1-10,18-19,23H,11-15H2,(H,21,24).